The molecule has 0 bridgehead atoms. The molecule has 0 unspecified atom stereocenters. The molecule has 2 aromatic carbocycles. The van der Waals surface area contributed by atoms with Gasteiger partial charge in [-0.1, -0.05) is 24.6 Å². The maximum atomic E-state index is 12.3. The van der Waals surface area contributed by atoms with Crippen molar-refractivity contribution >= 4 is 42.1 Å². The summed E-state index contributed by atoms with van der Waals surface area (Å²) in [6.45, 7) is 0.102. The Kier molecular flexibility index (Phi) is 8.20. The second kappa shape index (κ2) is 10.8. The molecule has 0 radical (unpaired) electrons. The number of thioether (sulfide) groups is 1. The monoisotopic (exact) mass is 428 g/mol. The minimum absolute atomic E-state index is 0.0410. The molecule has 1 N–H and O–H groups in total. The van der Waals surface area contributed by atoms with Crippen molar-refractivity contribution < 1.29 is 4.79 Å². The summed E-state index contributed by atoms with van der Waals surface area (Å²) >= 11 is 7.89. The lowest BCUT2D eigenvalue weighted by Crippen LogP contribution is -2.37. The smallest absolute Gasteiger partial charge is 0.224 e. The minimum Gasteiger partial charge on any atom is -0.343 e. The molecule has 0 saturated heterocycles. The lowest BCUT2D eigenvalue weighted by Gasteiger charge is -2.30. The first-order valence-corrected chi connectivity index (χ1v) is 11.7. The Hall–Kier alpha value is -1.55. The van der Waals surface area contributed by atoms with Gasteiger partial charge in [0.1, 0.15) is 6.54 Å². The van der Waals surface area contributed by atoms with Gasteiger partial charge >= 0.3 is 0 Å². The number of thiol groups is 1. The van der Waals surface area contributed by atoms with Crippen LogP contribution in [0.25, 0.3) is 0 Å². The molecule has 0 aromatic heterocycles. The molecule has 1 aliphatic rings. The third kappa shape index (κ3) is 6.23. The van der Waals surface area contributed by atoms with Crippen LogP contribution in [-0.2, 0) is 4.79 Å². The van der Waals surface area contributed by atoms with Gasteiger partial charge in [-0.3, -0.25) is 4.79 Å². The average molecular weight is 429 g/mol. The van der Waals surface area contributed by atoms with Gasteiger partial charge in [-0.05, 0) is 67.3 Å². The maximum Gasteiger partial charge on any atom is 0.224 e. The van der Waals surface area contributed by atoms with Crippen LogP contribution < -0.4 is 5.32 Å². The zero-order valence-corrected chi connectivity index (χ0v) is 18.2. The van der Waals surface area contributed by atoms with E-state index in [2.05, 4.69) is 54.3 Å². The summed E-state index contributed by atoms with van der Waals surface area (Å²) in [5, 5.41) is 11.4. The van der Waals surface area contributed by atoms with E-state index >= 15 is 0 Å². The number of rotatable bonds is 7. The summed E-state index contributed by atoms with van der Waals surface area (Å²) in [5.41, 5.74) is 0. The van der Waals surface area contributed by atoms with Crippen molar-refractivity contribution in [2.24, 2.45) is 11.8 Å². The molecule has 1 amide bonds. The molecule has 3 nitrogen and oxygen atoms in total. The molecule has 2 aromatic rings. The fourth-order valence-electron chi connectivity index (χ4n) is 3.47. The number of carbonyl (C=O) groups is 1. The predicted octanol–water partition coefficient (Wildman–Crippen LogP) is 5.66. The zero-order chi connectivity index (χ0) is 19.8. The van der Waals surface area contributed by atoms with Gasteiger partial charge in [0.15, 0.2) is 0 Å². The van der Waals surface area contributed by atoms with E-state index in [-0.39, 0.29) is 18.4 Å². The van der Waals surface area contributed by atoms with Crippen LogP contribution in [0, 0.1) is 23.2 Å². The fraction of sp³-hybridized carbons (Fsp3) is 0.364. The average Bonchev–Trinajstić information content (AvgIpc) is 2.73. The van der Waals surface area contributed by atoms with Gasteiger partial charge in [0.2, 0.25) is 5.91 Å². The molecule has 1 fully saturated rings. The molecule has 28 heavy (non-hydrogen) atoms. The van der Waals surface area contributed by atoms with E-state index < -0.39 is 0 Å². The molecule has 6 heteroatoms. The molecular weight excluding hydrogens is 404 g/mol. The highest BCUT2D eigenvalue weighted by molar-refractivity contribution is 7.99. The van der Waals surface area contributed by atoms with Crippen LogP contribution in [0.1, 0.15) is 25.7 Å². The van der Waals surface area contributed by atoms with E-state index in [9.17, 15) is 4.79 Å². The van der Waals surface area contributed by atoms with E-state index in [0.717, 1.165) is 29.9 Å². The maximum absolute atomic E-state index is 12.3. The first-order valence-electron chi connectivity index (χ1n) is 9.50. The second-order valence-electron chi connectivity index (χ2n) is 6.91. The summed E-state index contributed by atoms with van der Waals surface area (Å²) in [4.78, 5) is 17.0. The summed E-state index contributed by atoms with van der Waals surface area (Å²) in [6.07, 6.45) is 4.32. The number of carbonyl (C=O) groups excluding carboxylic acids is 1. The van der Waals surface area contributed by atoms with Crippen molar-refractivity contribution in [1.82, 2.24) is 5.32 Å². The number of amides is 1. The quantitative estimate of drug-likeness (QED) is 0.339. The summed E-state index contributed by atoms with van der Waals surface area (Å²) < 4.78 is 0. The second-order valence-corrected chi connectivity index (χ2v) is 9.66. The number of nitriles is 1. The Morgan fingerprint density at radius 1 is 1.04 bits per heavy atom. The lowest BCUT2D eigenvalue weighted by atomic mass is 9.80. The third-order valence-corrected chi connectivity index (χ3v) is 7.46. The van der Waals surface area contributed by atoms with E-state index in [1.807, 2.05) is 30.0 Å². The van der Waals surface area contributed by atoms with Crippen molar-refractivity contribution in [1.29, 1.82) is 5.26 Å². The Morgan fingerprint density at radius 2 is 1.64 bits per heavy atom. The van der Waals surface area contributed by atoms with Crippen molar-refractivity contribution in [3.05, 3.63) is 48.5 Å². The lowest BCUT2D eigenvalue weighted by molar-refractivity contribution is -0.127. The van der Waals surface area contributed by atoms with Crippen LogP contribution in [0.4, 0.5) is 0 Å². The molecule has 3 rings (SSSR count). The molecule has 0 heterocycles. The van der Waals surface area contributed by atoms with Gasteiger partial charge < -0.3 is 5.32 Å². The van der Waals surface area contributed by atoms with Crippen LogP contribution in [0.5, 0.6) is 0 Å². The van der Waals surface area contributed by atoms with E-state index in [4.69, 9.17) is 5.26 Å². The summed E-state index contributed by atoms with van der Waals surface area (Å²) in [5.74, 6) is 1.41. The van der Waals surface area contributed by atoms with Crippen molar-refractivity contribution in [2.75, 3.05) is 12.3 Å². The fourth-order valence-corrected chi connectivity index (χ4v) is 5.57. The largest absolute Gasteiger partial charge is 0.343 e. The summed E-state index contributed by atoms with van der Waals surface area (Å²) in [6, 6.07) is 18.8. The van der Waals surface area contributed by atoms with Crippen molar-refractivity contribution in [3.8, 4) is 6.07 Å². The standard InChI is InChI=1S/C22H24N2OS3/c23-13-14-24-22(25)21-4-2-1-3-16(21)15-27-18-9-11-20(12-10-18)28-19-7-5-17(26)6-8-19/h5-12,16,21,26H,1-4,14-15H2,(H,24,25)/t16-,21+/m0/s1. The van der Waals surface area contributed by atoms with Gasteiger partial charge in [-0.25, -0.2) is 0 Å². The van der Waals surface area contributed by atoms with E-state index in [0.29, 0.717) is 5.92 Å². The van der Waals surface area contributed by atoms with Crippen LogP contribution >= 0.6 is 36.2 Å². The van der Waals surface area contributed by atoms with Crippen molar-refractivity contribution in [3.63, 3.8) is 0 Å². The molecule has 0 spiro atoms. The van der Waals surface area contributed by atoms with Crippen LogP contribution in [0.15, 0.2) is 68.1 Å². The Balaban J connectivity index is 1.54. The van der Waals surface area contributed by atoms with Crippen LogP contribution in [0.2, 0.25) is 0 Å². The van der Waals surface area contributed by atoms with Gasteiger partial charge in [-0.15, -0.1) is 24.4 Å². The highest BCUT2D eigenvalue weighted by atomic mass is 32.2. The van der Waals surface area contributed by atoms with Gasteiger partial charge in [0.05, 0.1) is 6.07 Å². The Labute approximate surface area is 181 Å². The van der Waals surface area contributed by atoms with E-state index in [1.165, 1.54) is 21.1 Å². The molecule has 1 saturated carbocycles. The summed E-state index contributed by atoms with van der Waals surface area (Å²) in [7, 11) is 0. The van der Waals surface area contributed by atoms with Crippen LogP contribution in [0.3, 0.4) is 0 Å². The predicted molar refractivity (Wildman–Crippen MR) is 119 cm³/mol. The van der Waals surface area contributed by atoms with Gasteiger partial charge in [0.25, 0.3) is 0 Å². The van der Waals surface area contributed by atoms with Crippen molar-refractivity contribution in [2.45, 2.75) is 45.3 Å². The molecular formula is C22H24N2OS3. The molecule has 2 atom stereocenters. The van der Waals surface area contributed by atoms with Crippen LogP contribution in [-0.4, -0.2) is 18.2 Å². The van der Waals surface area contributed by atoms with Gasteiger partial charge in [0, 0.05) is 31.3 Å². The third-order valence-electron chi connectivity index (χ3n) is 4.95. The molecule has 146 valence electrons. The topological polar surface area (TPSA) is 52.9 Å². The Bertz CT molecular complexity index is 815. The normalized spacial score (nSPS) is 19.0. The Morgan fingerprint density at radius 3 is 2.32 bits per heavy atom. The highest BCUT2D eigenvalue weighted by Crippen LogP contribution is 2.35. The van der Waals surface area contributed by atoms with Gasteiger partial charge in [-0.2, -0.15) is 5.26 Å². The first-order chi connectivity index (χ1) is 13.7. The molecule has 0 aliphatic heterocycles. The van der Waals surface area contributed by atoms with E-state index in [1.54, 1.807) is 11.8 Å². The minimum atomic E-state index is 0.0410. The zero-order valence-electron chi connectivity index (χ0n) is 15.6. The number of hydrogen-bond donors (Lipinski definition) is 2. The number of nitrogens with zero attached hydrogens (tertiary/aromatic N) is 1. The first kappa shape index (κ1) is 21.2. The SMILES string of the molecule is N#CCNC(=O)[C@@H]1CCCC[C@H]1CSc1ccc(Sc2ccc(S)cc2)cc1. The number of nitrogens with one attached hydrogen (secondary N) is 1. The number of hydrogen-bond acceptors (Lipinski definition) is 5. The highest BCUT2D eigenvalue weighted by Gasteiger charge is 2.30. The molecule has 1 aliphatic carbocycles. The number of benzene rings is 2.